The third kappa shape index (κ3) is 6.11. The van der Waals surface area contributed by atoms with E-state index in [1.165, 1.54) is 5.56 Å². The van der Waals surface area contributed by atoms with Crippen LogP contribution < -0.4 is 4.74 Å². The van der Waals surface area contributed by atoms with Gasteiger partial charge in [-0.05, 0) is 43.3 Å². The molecule has 0 radical (unpaired) electrons. The smallest absolute Gasteiger partial charge is 0.414 e. The van der Waals surface area contributed by atoms with Crippen LogP contribution in [0.4, 0.5) is 0 Å². The summed E-state index contributed by atoms with van der Waals surface area (Å²) >= 11 is 0. The van der Waals surface area contributed by atoms with Crippen LogP contribution in [0.5, 0.6) is 5.75 Å². The van der Waals surface area contributed by atoms with Gasteiger partial charge in [0.05, 0.1) is 11.6 Å². The first-order chi connectivity index (χ1) is 13.4. The number of hydrogen-bond donors (Lipinski definition) is 2. The van der Waals surface area contributed by atoms with Gasteiger partial charge in [-0.15, -0.1) is 0 Å². The normalized spacial score (nSPS) is 18.9. The van der Waals surface area contributed by atoms with Gasteiger partial charge < -0.3 is 19.8 Å². The lowest BCUT2D eigenvalue weighted by Crippen LogP contribution is -2.42. The summed E-state index contributed by atoms with van der Waals surface area (Å²) in [6, 6.07) is 20.1. The van der Waals surface area contributed by atoms with Crippen molar-refractivity contribution in [3.63, 3.8) is 0 Å². The fraction of sp³-hybridized carbons (Fsp3) is 0.286. The number of carboxylic acid groups (broad SMARTS) is 2. The van der Waals surface area contributed by atoms with Gasteiger partial charge in [0.2, 0.25) is 0 Å². The Balaban J connectivity index is 0.000000409. The number of likely N-dealkylation sites (tertiary alicyclic amines) is 1. The molecule has 146 valence electrons. The molecule has 1 aliphatic heterocycles. The molecule has 3 rings (SSSR count). The minimum Gasteiger partial charge on any atom is -0.490 e. The fourth-order valence-electron chi connectivity index (χ4n) is 3.04. The van der Waals surface area contributed by atoms with Crippen molar-refractivity contribution in [2.75, 3.05) is 20.1 Å². The van der Waals surface area contributed by atoms with Crippen LogP contribution in [0.2, 0.25) is 0 Å². The molecule has 1 aliphatic rings. The zero-order valence-corrected chi connectivity index (χ0v) is 15.5. The van der Waals surface area contributed by atoms with Crippen molar-refractivity contribution in [2.45, 2.75) is 18.4 Å². The minimum absolute atomic E-state index is 0.173. The van der Waals surface area contributed by atoms with E-state index < -0.39 is 11.9 Å². The monoisotopic (exact) mass is 382 g/mol. The molecule has 0 aromatic heterocycles. The van der Waals surface area contributed by atoms with Crippen LogP contribution in [0.15, 0.2) is 54.6 Å². The molecular formula is C21H22N2O5. The quantitative estimate of drug-likeness (QED) is 0.785. The van der Waals surface area contributed by atoms with Crippen LogP contribution in [0.25, 0.3) is 0 Å². The highest BCUT2D eigenvalue weighted by atomic mass is 16.5. The second-order valence-electron chi connectivity index (χ2n) is 6.47. The molecule has 7 heteroatoms. The van der Waals surface area contributed by atoms with Gasteiger partial charge in [0, 0.05) is 19.0 Å². The molecule has 2 atom stereocenters. The second-order valence-corrected chi connectivity index (χ2v) is 6.47. The van der Waals surface area contributed by atoms with Crippen LogP contribution in [-0.2, 0) is 9.59 Å². The first-order valence-electron chi connectivity index (χ1n) is 8.77. The number of likely N-dealkylation sites (N-methyl/N-ethyl adjacent to an activating group) is 1. The topological polar surface area (TPSA) is 111 Å². The maximum atomic E-state index is 9.10. The summed E-state index contributed by atoms with van der Waals surface area (Å²) in [5.74, 6) is -2.44. The summed E-state index contributed by atoms with van der Waals surface area (Å²) in [5, 5.41) is 23.7. The third-order valence-corrected chi connectivity index (χ3v) is 4.43. The zero-order valence-electron chi connectivity index (χ0n) is 15.5. The Bertz CT molecular complexity index is 818. The number of hydrogen-bond acceptors (Lipinski definition) is 5. The average Bonchev–Trinajstić information content (AvgIpc) is 2.71. The lowest BCUT2D eigenvalue weighted by molar-refractivity contribution is -0.159. The summed E-state index contributed by atoms with van der Waals surface area (Å²) in [6.45, 7) is 2.05. The molecule has 0 aliphatic carbocycles. The molecule has 0 saturated carbocycles. The Morgan fingerprint density at radius 3 is 2.21 bits per heavy atom. The van der Waals surface area contributed by atoms with Gasteiger partial charge in [-0.25, -0.2) is 9.59 Å². The van der Waals surface area contributed by atoms with Gasteiger partial charge in [0.25, 0.3) is 0 Å². The average molecular weight is 382 g/mol. The molecule has 0 spiro atoms. The molecule has 1 saturated heterocycles. The van der Waals surface area contributed by atoms with Crippen molar-refractivity contribution in [3.05, 3.63) is 65.7 Å². The Labute approximate surface area is 163 Å². The van der Waals surface area contributed by atoms with Gasteiger partial charge in [0.1, 0.15) is 11.9 Å². The number of rotatable bonds is 3. The molecule has 1 fully saturated rings. The first-order valence-corrected chi connectivity index (χ1v) is 8.77. The van der Waals surface area contributed by atoms with Gasteiger partial charge >= 0.3 is 11.9 Å². The SMILES string of the molecule is CN1CCC(Oc2ccc(C#N)cc2)C(c2ccccc2)C1.O=C(O)C(=O)O. The number of ether oxygens (including phenoxy) is 1. The highest BCUT2D eigenvalue weighted by molar-refractivity contribution is 6.27. The summed E-state index contributed by atoms with van der Waals surface area (Å²) in [7, 11) is 2.16. The van der Waals surface area contributed by atoms with Crippen LogP contribution in [0.3, 0.4) is 0 Å². The summed E-state index contributed by atoms with van der Waals surface area (Å²) in [4.78, 5) is 20.6. The number of carboxylic acids is 2. The van der Waals surface area contributed by atoms with E-state index in [-0.39, 0.29) is 6.10 Å². The highest BCUT2D eigenvalue weighted by Gasteiger charge is 2.30. The first kappa shape index (κ1) is 20.9. The van der Waals surface area contributed by atoms with Crippen molar-refractivity contribution in [1.29, 1.82) is 5.26 Å². The van der Waals surface area contributed by atoms with E-state index in [9.17, 15) is 0 Å². The molecule has 0 bridgehead atoms. The van der Waals surface area contributed by atoms with Gasteiger partial charge in [-0.1, -0.05) is 30.3 Å². The second kappa shape index (κ2) is 10.1. The lowest BCUT2D eigenvalue weighted by atomic mass is 9.88. The van der Waals surface area contributed by atoms with Crippen LogP contribution >= 0.6 is 0 Å². The van der Waals surface area contributed by atoms with E-state index in [0.717, 1.165) is 25.3 Å². The molecule has 2 aromatic carbocycles. The van der Waals surface area contributed by atoms with E-state index >= 15 is 0 Å². The van der Waals surface area contributed by atoms with Gasteiger partial charge in [-0.3, -0.25) is 0 Å². The van der Waals surface area contributed by atoms with Crippen LogP contribution in [0.1, 0.15) is 23.5 Å². The predicted molar refractivity (Wildman–Crippen MR) is 102 cm³/mol. The highest BCUT2D eigenvalue weighted by Crippen LogP contribution is 2.30. The molecule has 0 amide bonds. The number of benzene rings is 2. The lowest BCUT2D eigenvalue weighted by Gasteiger charge is -2.37. The Kier molecular flexibility index (Phi) is 7.55. The predicted octanol–water partition coefficient (Wildman–Crippen LogP) is 2.58. The maximum Gasteiger partial charge on any atom is 0.414 e. The van der Waals surface area contributed by atoms with Gasteiger partial charge in [-0.2, -0.15) is 5.26 Å². The Morgan fingerprint density at radius 1 is 1.07 bits per heavy atom. The third-order valence-electron chi connectivity index (χ3n) is 4.43. The van der Waals surface area contributed by atoms with Crippen LogP contribution in [0, 0.1) is 11.3 Å². The maximum absolute atomic E-state index is 9.10. The van der Waals surface area contributed by atoms with Crippen molar-refractivity contribution in [1.82, 2.24) is 4.90 Å². The minimum atomic E-state index is -1.82. The zero-order chi connectivity index (χ0) is 20.5. The molecule has 2 unspecified atom stereocenters. The van der Waals surface area contributed by atoms with Crippen molar-refractivity contribution in [2.24, 2.45) is 0 Å². The largest absolute Gasteiger partial charge is 0.490 e. The van der Waals surface area contributed by atoms with E-state index in [0.29, 0.717) is 11.5 Å². The Hall–Kier alpha value is -3.37. The molecular weight excluding hydrogens is 360 g/mol. The van der Waals surface area contributed by atoms with E-state index in [2.05, 4.69) is 42.3 Å². The van der Waals surface area contributed by atoms with Gasteiger partial charge in [0.15, 0.2) is 0 Å². The summed E-state index contributed by atoms with van der Waals surface area (Å²) in [5.41, 5.74) is 1.99. The number of carbonyl (C=O) groups is 2. The van der Waals surface area contributed by atoms with Crippen LogP contribution in [-0.4, -0.2) is 53.3 Å². The molecule has 2 aromatic rings. The van der Waals surface area contributed by atoms with Crippen molar-refractivity contribution < 1.29 is 24.5 Å². The Morgan fingerprint density at radius 2 is 1.68 bits per heavy atom. The van der Waals surface area contributed by atoms with Crippen molar-refractivity contribution >= 4 is 11.9 Å². The molecule has 1 heterocycles. The molecule has 28 heavy (non-hydrogen) atoms. The summed E-state index contributed by atoms with van der Waals surface area (Å²) in [6.07, 6.45) is 1.18. The molecule has 7 nitrogen and oxygen atoms in total. The number of aliphatic carboxylic acids is 2. The number of nitrogens with zero attached hydrogens (tertiary/aromatic N) is 2. The summed E-state index contributed by atoms with van der Waals surface area (Å²) < 4.78 is 6.23. The number of nitriles is 1. The van der Waals surface area contributed by atoms with Crippen molar-refractivity contribution in [3.8, 4) is 11.8 Å². The standard InChI is InChI=1S/C19H20N2O.C2H2O4/c1-21-12-11-19(18(14-21)16-5-3-2-4-6-16)22-17-9-7-15(13-20)8-10-17;3-1(4)2(5)6/h2-10,18-19H,11-12,14H2,1H3;(H,3,4)(H,5,6). The van der Waals surface area contributed by atoms with E-state index in [1.807, 2.05) is 30.3 Å². The molecule has 2 N–H and O–H groups in total. The fourth-order valence-corrected chi connectivity index (χ4v) is 3.04. The number of piperidine rings is 1. The van der Waals surface area contributed by atoms with E-state index in [1.54, 1.807) is 0 Å². The van der Waals surface area contributed by atoms with E-state index in [4.69, 9.17) is 29.8 Å².